The second-order valence-corrected chi connectivity index (χ2v) is 14.5. The average Bonchev–Trinajstić information content (AvgIpc) is 3.62. The highest BCUT2D eigenvalue weighted by Gasteiger charge is 2.25. The molecule has 0 atom stereocenters. The van der Waals surface area contributed by atoms with E-state index in [2.05, 4.69) is 156 Å². The largest absolute Gasteiger partial charge is 0.457 e. The summed E-state index contributed by atoms with van der Waals surface area (Å²) >= 11 is 0. The lowest BCUT2D eigenvalue weighted by Crippen LogP contribution is -2.10. The van der Waals surface area contributed by atoms with Gasteiger partial charge in [0.1, 0.15) is 17.3 Å². The van der Waals surface area contributed by atoms with E-state index < -0.39 is 0 Å². The first-order valence-electron chi connectivity index (χ1n) is 17.0. The predicted molar refractivity (Wildman–Crippen MR) is 199 cm³/mol. The monoisotopic (exact) mass is 632 g/mol. The molecule has 0 bridgehead atoms. The summed E-state index contributed by atoms with van der Waals surface area (Å²) in [5.74, 6) is 2.94. The fraction of sp³-hybridized carbons (Fsp3) is 0.256. The first-order valence-corrected chi connectivity index (χ1v) is 17.0. The Labute approximate surface area is 283 Å². The van der Waals surface area contributed by atoms with Crippen molar-refractivity contribution in [3.63, 3.8) is 0 Å². The lowest BCUT2D eigenvalue weighted by molar-refractivity contribution is 0.482. The second-order valence-electron chi connectivity index (χ2n) is 14.5. The normalized spacial score (nSPS) is 12.1. The molecule has 0 saturated heterocycles. The first-order chi connectivity index (χ1) is 23.0. The summed E-state index contributed by atoms with van der Waals surface area (Å²) in [6, 6.07) is 36.3. The van der Waals surface area contributed by atoms with E-state index in [0.717, 1.165) is 45.1 Å². The molecule has 0 unspecified atom stereocenters. The van der Waals surface area contributed by atoms with Crippen molar-refractivity contribution in [2.45, 2.75) is 72.6 Å². The standard InChI is InChI=1S/C43H44N4O/c1-27(2)41-40(30-16-18-31(19-17-30)43(6,7)8)42(28(3)4)47(45-41)32-12-11-13-33(25-32)48-34-20-21-36-35-14-9-10-15-37(35)46(38(36)26-34)39-24-29(5)22-23-44-39/h9-28H,1-8H3. The number of ether oxygens (including phenoxy) is 1. The molecular formula is C43H44N4O. The Kier molecular flexibility index (Phi) is 7.95. The summed E-state index contributed by atoms with van der Waals surface area (Å²) in [5, 5.41) is 7.62. The molecule has 0 N–H and O–H groups in total. The van der Waals surface area contributed by atoms with Crippen LogP contribution in [-0.4, -0.2) is 19.3 Å². The van der Waals surface area contributed by atoms with Crippen LogP contribution in [0.5, 0.6) is 11.5 Å². The first kappa shape index (κ1) is 31.4. The quantitative estimate of drug-likeness (QED) is 0.176. The van der Waals surface area contributed by atoms with Crippen molar-refractivity contribution in [1.29, 1.82) is 0 Å². The van der Waals surface area contributed by atoms with Crippen molar-refractivity contribution in [3.8, 4) is 34.1 Å². The Morgan fingerprint density at radius 1 is 0.688 bits per heavy atom. The molecule has 0 aliphatic carbocycles. The molecule has 3 heterocycles. The van der Waals surface area contributed by atoms with Crippen molar-refractivity contribution in [2.24, 2.45) is 0 Å². The Morgan fingerprint density at radius 2 is 1.42 bits per heavy atom. The molecule has 7 aromatic rings. The van der Waals surface area contributed by atoms with E-state index in [1.54, 1.807) is 0 Å². The molecule has 3 aromatic heterocycles. The molecule has 5 nitrogen and oxygen atoms in total. The number of nitrogens with zero attached hydrogens (tertiary/aromatic N) is 4. The fourth-order valence-corrected chi connectivity index (χ4v) is 6.73. The van der Waals surface area contributed by atoms with E-state index >= 15 is 0 Å². The molecule has 4 aromatic carbocycles. The van der Waals surface area contributed by atoms with Gasteiger partial charge >= 0.3 is 0 Å². The van der Waals surface area contributed by atoms with Gasteiger partial charge in [0.05, 0.1) is 28.1 Å². The van der Waals surface area contributed by atoms with Crippen LogP contribution in [0, 0.1) is 6.92 Å². The highest BCUT2D eigenvalue weighted by atomic mass is 16.5. The van der Waals surface area contributed by atoms with E-state index in [4.69, 9.17) is 14.8 Å². The molecule has 0 fully saturated rings. The van der Waals surface area contributed by atoms with E-state index in [1.165, 1.54) is 33.3 Å². The van der Waals surface area contributed by atoms with Crippen LogP contribution in [0.2, 0.25) is 0 Å². The van der Waals surface area contributed by atoms with Gasteiger partial charge in [-0.05, 0) is 83.3 Å². The van der Waals surface area contributed by atoms with Gasteiger partial charge in [0, 0.05) is 34.7 Å². The molecule has 0 radical (unpaired) electrons. The number of pyridine rings is 1. The Hall–Kier alpha value is -5.16. The maximum Gasteiger partial charge on any atom is 0.137 e. The number of aryl methyl sites for hydroxylation is 1. The van der Waals surface area contributed by atoms with Crippen molar-refractivity contribution in [1.82, 2.24) is 19.3 Å². The summed E-state index contributed by atoms with van der Waals surface area (Å²) < 4.78 is 11.0. The van der Waals surface area contributed by atoms with Crippen molar-refractivity contribution < 1.29 is 4.74 Å². The average molecular weight is 633 g/mol. The molecule has 48 heavy (non-hydrogen) atoms. The molecule has 0 aliphatic rings. The minimum atomic E-state index is 0.101. The van der Waals surface area contributed by atoms with Gasteiger partial charge in [-0.2, -0.15) is 5.10 Å². The second kappa shape index (κ2) is 12.1. The predicted octanol–water partition coefficient (Wildman–Crippen LogP) is 11.7. The van der Waals surface area contributed by atoms with Crippen LogP contribution in [0.1, 0.15) is 82.8 Å². The molecular weight excluding hydrogens is 589 g/mol. The zero-order valence-corrected chi connectivity index (χ0v) is 29.2. The minimum Gasteiger partial charge on any atom is -0.457 e. The van der Waals surface area contributed by atoms with Crippen molar-refractivity contribution >= 4 is 21.8 Å². The smallest absolute Gasteiger partial charge is 0.137 e. The van der Waals surface area contributed by atoms with E-state index in [1.807, 2.05) is 18.3 Å². The Balaban J connectivity index is 1.30. The highest BCUT2D eigenvalue weighted by molar-refractivity contribution is 6.09. The Bertz CT molecular complexity index is 2260. The summed E-state index contributed by atoms with van der Waals surface area (Å²) in [4.78, 5) is 4.73. The maximum absolute atomic E-state index is 6.60. The van der Waals surface area contributed by atoms with Gasteiger partial charge in [0.2, 0.25) is 0 Å². The lowest BCUT2D eigenvalue weighted by Gasteiger charge is -2.20. The number of hydrogen-bond acceptors (Lipinski definition) is 3. The molecule has 242 valence electrons. The maximum atomic E-state index is 6.60. The Morgan fingerprint density at radius 3 is 2.12 bits per heavy atom. The van der Waals surface area contributed by atoms with Crippen LogP contribution in [0.4, 0.5) is 0 Å². The third-order valence-corrected chi connectivity index (χ3v) is 9.15. The summed E-state index contributed by atoms with van der Waals surface area (Å²) in [7, 11) is 0. The van der Waals surface area contributed by atoms with Gasteiger partial charge in [-0.3, -0.25) is 4.57 Å². The number of benzene rings is 4. The SMILES string of the molecule is Cc1ccnc(-n2c3ccccc3c3ccc(Oc4cccc(-n5nc(C(C)C)c(-c6ccc(C(C)(C)C)cc6)c5C(C)C)c4)cc32)c1. The van der Waals surface area contributed by atoms with Crippen molar-refractivity contribution in [3.05, 3.63) is 132 Å². The molecule has 0 amide bonds. The number of aromatic nitrogens is 4. The van der Waals surface area contributed by atoms with Gasteiger partial charge < -0.3 is 4.74 Å². The van der Waals surface area contributed by atoms with Gasteiger partial charge in [-0.25, -0.2) is 9.67 Å². The van der Waals surface area contributed by atoms with Crippen LogP contribution in [0.3, 0.4) is 0 Å². The molecule has 5 heteroatoms. The highest BCUT2D eigenvalue weighted by Crippen LogP contribution is 2.40. The van der Waals surface area contributed by atoms with Crippen LogP contribution in [0.15, 0.2) is 109 Å². The van der Waals surface area contributed by atoms with Crippen LogP contribution in [-0.2, 0) is 5.41 Å². The topological polar surface area (TPSA) is 44.9 Å². The third kappa shape index (κ3) is 5.68. The van der Waals surface area contributed by atoms with Gasteiger partial charge in [-0.15, -0.1) is 0 Å². The van der Waals surface area contributed by atoms with E-state index in [-0.39, 0.29) is 17.3 Å². The lowest BCUT2D eigenvalue weighted by atomic mass is 9.85. The third-order valence-electron chi connectivity index (χ3n) is 9.15. The van der Waals surface area contributed by atoms with Crippen LogP contribution in [0.25, 0.3) is 44.4 Å². The van der Waals surface area contributed by atoms with E-state index in [0.29, 0.717) is 0 Å². The number of rotatable bonds is 7. The van der Waals surface area contributed by atoms with E-state index in [9.17, 15) is 0 Å². The molecule has 0 spiro atoms. The summed E-state index contributed by atoms with van der Waals surface area (Å²) in [6.45, 7) is 17.8. The van der Waals surface area contributed by atoms with Crippen molar-refractivity contribution in [2.75, 3.05) is 0 Å². The number of para-hydroxylation sites is 1. The van der Waals surface area contributed by atoms with Gasteiger partial charge in [0.25, 0.3) is 0 Å². The molecule has 0 aliphatic heterocycles. The number of fused-ring (bicyclic) bond motifs is 3. The zero-order valence-electron chi connectivity index (χ0n) is 29.2. The van der Waals surface area contributed by atoms with Gasteiger partial charge in [0.15, 0.2) is 0 Å². The fourth-order valence-electron chi connectivity index (χ4n) is 6.73. The zero-order chi connectivity index (χ0) is 33.7. The molecule has 0 saturated carbocycles. The van der Waals surface area contributed by atoms with Crippen LogP contribution < -0.4 is 4.74 Å². The summed E-state index contributed by atoms with van der Waals surface area (Å²) in [5.41, 5.74) is 10.5. The molecule has 7 rings (SSSR count). The summed E-state index contributed by atoms with van der Waals surface area (Å²) in [6.07, 6.45) is 1.87. The van der Waals surface area contributed by atoms with Gasteiger partial charge in [-0.1, -0.05) is 97.0 Å². The van der Waals surface area contributed by atoms with Crippen LogP contribution >= 0.6 is 0 Å². The minimum absolute atomic E-state index is 0.101. The number of hydrogen-bond donors (Lipinski definition) is 0.